The molecule has 25 heavy (non-hydrogen) atoms. The lowest BCUT2D eigenvalue weighted by molar-refractivity contribution is -0.134. The Balaban J connectivity index is 1.82. The molecule has 6 nitrogen and oxygen atoms in total. The number of carbonyl (C=O) groups excluding carboxylic acids is 2. The van der Waals surface area contributed by atoms with Gasteiger partial charge in [0.15, 0.2) is 5.60 Å². The molecule has 0 saturated carbocycles. The lowest BCUT2D eigenvalue weighted by Gasteiger charge is -2.33. The summed E-state index contributed by atoms with van der Waals surface area (Å²) in [5.41, 5.74) is 1.47. The molecule has 1 aliphatic heterocycles. The topological polar surface area (TPSA) is 92.7 Å². The number of ether oxygens (including phenoxy) is 1. The molecule has 3 rings (SSSR count). The smallest absolute Gasteiger partial charge is 0.339 e. The number of carbonyl (C=O) groups is 3. The van der Waals surface area contributed by atoms with Crippen molar-refractivity contribution in [3.05, 3.63) is 64.7 Å². The van der Waals surface area contributed by atoms with Gasteiger partial charge in [-0.15, -0.1) is 0 Å². The third kappa shape index (κ3) is 3.24. The van der Waals surface area contributed by atoms with Crippen LogP contribution in [-0.4, -0.2) is 28.6 Å². The van der Waals surface area contributed by atoms with Crippen LogP contribution in [0.25, 0.3) is 0 Å². The number of aromatic carboxylic acids is 1. The molecule has 2 aromatic carbocycles. The standard InChI is InChI=1S/C19H17NO5/c1-11-3-8-15-13(9-11)10-19(2,25-17(15)23)18(24)20-14-6-4-12(5-7-14)16(21)22/h3-9H,10H2,1-2H3,(H,20,24)(H,21,22)/t19-/m0/s1. The number of carboxylic acids is 1. The maximum Gasteiger partial charge on any atom is 0.339 e. The highest BCUT2D eigenvalue weighted by atomic mass is 16.6. The molecule has 128 valence electrons. The zero-order valence-corrected chi connectivity index (χ0v) is 13.8. The number of carboxylic acid groups (broad SMARTS) is 1. The van der Waals surface area contributed by atoms with Crippen molar-refractivity contribution in [1.29, 1.82) is 0 Å². The minimum Gasteiger partial charge on any atom is -0.478 e. The lowest BCUT2D eigenvalue weighted by atomic mass is 9.88. The molecule has 0 fully saturated rings. The van der Waals surface area contributed by atoms with Crippen LogP contribution in [0.2, 0.25) is 0 Å². The molecular formula is C19H17NO5. The van der Waals surface area contributed by atoms with Crippen LogP contribution < -0.4 is 5.32 Å². The number of fused-ring (bicyclic) bond motifs is 1. The fourth-order valence-electron chi connectivity index (χ4n) is 2.81. The Morgan fingerprint density at radius 1 is 1.16 bits per heavy atom. The van der Waals surface area contributed by atoms with E-state index >= 15 is 0 Å². The van der Waals surface area contributed by atoms with Gasteiger partial charge in [-0.25, -0.2) is 9.59 Å². The number of amides is 1. The van der Waals surface area contributed by atoms with Gasteiger partial charge in [-0.1, -0.05) is 17.7 Å². The van der Waals surface area contributed by atoms with Gasteiger partial charge in [0.2, 0.25) is 0 Å². The Morgan fingerprint density at radius 2 is 1.84 bits per heavy atom. The van der Waals surface area contributed by atoms with Crippen LogP contribution in [0.3, 0.4) is 0 Å². The van der Waals surface area contributed by atoms with Crippen molar-refractivity contribution in [2.75, 3.05) is 5.32 Å². The molecule has 6 heteroatoms. The van der Waals surface area contributed by atoms with Gasteiger partial charge in [0.1, 0.15) is 0 Å². The minimum atomic E-state index is -1.33. The molecule has 0 unspecified atom stereocenters. The molecule has 0 saturated heterocycles. The number of nitrogens with one attached hydrogen (secondary N) is 1. The summed E-state index contributed by atoms with van der Waals surface area (Å²) in [7, 11) is 0. The van der Waals surface area contributed by atoms with Crippen LogP contribution >= 0.6 is 0 Å². The summed E-state index contributed by atoms with van der Waals surface area (Å²) in [6.45, 7) is 3.48. The largest absolute Gasteiger partial charge is 0.478 e. The van der Waals surface area contributed by atoms with E-state index in [1.807, 2.05) is 19.1 Å². The second-order valence-corrected chi connectivity index (χ2v) is 6.29. The van der Waals surface area contributed by atoms with Gasteiger partial charge in [0, 0.05) is 12.1 Å². The molecule has 1 heterocycles. The zero-order valence-electron chi connectivity index (χ0n) is 13.8. The maximum absolute atomic E-state index is 12.6. The Labute approximate surface area is 144 Å². The highest BCUT2D eigenvalue weighted by Gasteiger charge is 2.42. The van der Waals surface area contributed by atoms with Crippen molar-refractivity contribution in [2.24, 2.45) is 0 Å². The number of benzene rings is 2. The number of hydrogen-bond acceptors (Lipinski definition) is 4. The van der Waals surface area contributed by atoms with Gasteiger partial charge >= 0.3 is 11.9 Å². The molecule has 1 atom stereocenters. The van der Waals surface area contributed by atoms with Crippen molar-refractivity contribution in [2.45, 2.75) is 25.9 Å². The Hall–Kier alpha value is -3.15. The molecule has 2 aromatic rings. The van der Waals surface area contributed by atoms with Gasteiger partial charge in [-0.2, -0.15) is 0 Å². The van der Waals surface area contributed by atoms with Crippen LogP contribution in [0, 0.1) is 6.92 Å². The predicted molar refractivity (Wildman–Crippen MR) is 90.7 cm³/mol. The van der Waals surface area contributed by atoms with Crippen LogP contribution in [-0.2, 0) is 16.0 Å². The van der Waals surface area contributed by atoms with Crippen molar-refractivity contribution < 1.29 is 24.2 Å². The Morgan fingerprint density at radius 3 is 2.48 bits per heavy atom. The molecule has 0 radical (unpaired) electrons. The third-order valence-corrected chi connectivity index (χ3v) is 4.20. The molecule has 0 aliphatic carbocycles. The predicted octanol–water partition coefficient (Wildman–Crippen LogP) is 2.80. The van der Waals surface area contributed by atoms with E-state index < -0.39 is 23.4 Å². The van der Waals surface area contributed by atoms with E-state index in [-0.39, 0.29) is 12.0 Å². The fraction of sp³-hybridized carbons (Fsp3) is 0.211. The molecular weight excluding hydrogens is 322 g/mol. The van der Waals surface area contributed by atoms with Crippen molar-refractivity contribution in [3.8, 4) is 0 Å². The van der Waals surface area contributed by atoms with E-state index in [9.17, 15) is 14.4 Å². The number of esters is 1. The third-order valence-electron chi connectivity index (χ3n) is 4.20. The lowest BCUT2D eigenvalue weighted by Crippen LogP contribution is -2.48. The summed E-state index contributed by atoms with van der Waals surface area (Å²) in [5, 5.41) is 11.6. The first-order chi connectivity index (χ1) is 11.8. The van der Waals surface area contributed by atoms with E-state index in [1.165, 1.54) is 24.3 Å². The summed E-state index contributed by atoms with van der Waals surface area (Å²) in [5.74, 6) is -2.03. The Kier molecular flexibility index (Phi) is 4.04. The number of aryl methyl sites for hydroxylation is 1. The first-order valence-corrected chi connectivity index (χ1v) is 7.76. The molecule has 0 spiro atoms. The average Bonchev–Trinajstić information content (AvgIpc) is 2.54. The minimum absolute atomic E-state index is 0.123. The normalized spacial score (nSPS) is 18.9. The maximum atomic E-state index is 12.6. The van der Waals surface area contributed by atoms with Gasteiger partial charge in [0.25, 0.3) is 5.91 Å². The number of cyclic esters (lactones) is 1. The van der Waals surface area contributed by atoms with Crippen molar-refractivity contribution in [1.82, 2.24) is 0 Å². The second-order valence-electron chi connectivity index (χ2n) is 6.29. The highest BCUT2D eigenvalue weighted by molar-refractivity contribution is 6.02. The zero-order chi connectivity index (χ0) is 18.2. The molecule has 2 N–H and O–H groups in total. The van der Waals surface area contributed by atoms with Crippen LogP contribution in [0.4, 0.5) is 5.69 Å². The summed E-state index contributed by atoms with van der Waals surface area (Å²) < 4.78 is 5.39. The fourth-order valence-corrected chi connectivity index (χ4v) is 2.81. The monoisotopic (exact) mass is 339 g/mol. The quantitative estimate of drug-likeness (QED) is 0.839. The first-order valence-electron chi connectivity index (χ1n) is 7.76. The van der Waals surface area contributed by atoms with E-state index in [1.54, 1.807) is 13.0 Å². The summed E-state index contributed by atoms with van der Waals surface area (Å²) >= 11 is 0. The van der Waals surface area contributed by atoms with Gasteiger partial charge in [-0.05, 0) is 49.7 Å². The van der Waals surface area contributed by atoms with Gasteiger partial charge in [-0.3, -0.25) is 4.79 Å². The molecule has 0 aromatic heterocycles. The Bertz CT molecular complexity index is 872. The van der Waals surface area contributed by atoms with Crippen molar-refractivity contribution >= 4 is 23.5 Å². The van der Waals surface area contributed by atoms with Crippen LogP contribution in [0.15, 0.2) is 42.5 Å². The molecule has 1 amide bonds. The van der Waals surface area contributed by atoms with Gasteiger partial charge < -0.3 is 15.2 Å². The average molecular weight is 339 g/mol. The summed E-state index contributed by atoms with van der Waals surface area (Å²) in [4.78, 5) is 35.7. The number of hydrogen-bond donors (Lipinski definition) is 2. The van der Waals surface area contributed by atoms with E-state index in [0.29, 0.717) is 11.3 Å². The summed E-state index contributed by atoms with van der Waals surface area (Å²) in [6.07, 6.45) is 0.273. The van der Waals surface area contributed by atoms with Gasteiger partial charge in [0.05, 0.1) is 11.1 Å². The van der Waals surface area contributed by atoms with Crippen molar-refractivity contribution in [3.63, 3.8) is 0 Å². The molecule has 1 aliphatic rings. The second kappa shape index (κ2) is 6.05. The van der Waals surface area contributed by atoms with Crippen LogP contribution in [0.1, 0.15) is 38.8 Å². The van der Waals surface area contributed by atoms with Crippen LogP contribution in [0.5, 0.6) is 0 Å². The number of rotatable bonds is 3. The first kappa shape index (κ1) is 16.7. The highest BCUT2D eigenvalue weighted by Crippen LogP contribution is 2.30. The summed E-state index contributed by atoms with van der Waals surface area (Å²) in [6, 6.07) is 11.2. The van der Waals surface area contributed by atoms with E-state index in [2.05, 4.69) is 5.32 Å². The van der Waals surface area contributed by atoms with E-state index in [0.717, 1.165) is 11.1 Å². The van der Waals surface area contributed by atoms with E-state index in [4.69, 9.17) is 9.84 Å². The number of anilines is 1. The molecule has 0 bridgehead atoms. The SMILES string of the molecule is Cc1ccc2c(c1)C[C@@](C)(C(=O)Nc1ccc(C(=O)O)cc1)OC2=O.